The van der Waals surface area contributed by atoms with E-state index in [1.807, 2.05) is 0 Å². The topological polar surface area (TPSA) is 772 Å². The van der Waals surface area contributed by atoms with Crippen molar-refractivity contribution in [1.82, 2.24) is 0 Å². The van der Waals surface area contributed by atoms with Gasteiger partial charge >= 0.3 is 93.6 Å². The predicted octanol–water partition coefficient (Wildman–Crippen LogP) is -9.06. The molecule has 0 saturated carbocycles. The van der Waals surface area contributed by atoms with E-state index < -0.39 is 253 Å². The first-order chi connectivity index (χ1) is 36.1. The third-order valence-corrected chi connectivity index (χ3v) is 15.9. The molecule has 2 fully saturated rings. The zero-order valence-electron chi connectivity index (χ0n) is 38.4. The van der Waals surface area contributed by atoms with Crippen molar-refractivity contribution in [2.24, 2.45) is 17.8 Å². The van der Waals surface area contributed by atoms with Crippen molar-refractivity contribution >= 4 is 124 Å². The van der Waals surface area contributed by atoms with Crippen molar-refractivity contribution in [3.63, 3.8) is 0 Å². The molecule has 2 aliphatic heterocycles. The van der Waals surface area contributed by atoms with Gasteiger partial charge in [0.1, 0.15) is 36.6 Å². The van der Waals surface area contributed by atoms with Crippen LogP contribution in [0.1, 0.15) is 0 Å². The lowest BCUT2D eigenvalue weighted by molar-refractivity contribution is -0.320. The highest BCUT2D eigenvalue weighted by Crippen LogP contribution is 2.37. The molecule has 82 heavy (non-hydrogen) atoms. The van der Waals surface area contributed by atoms with Crippen molar-refractivity contribution in [3.05, 3.63) is 0 Å². The van der Waals surface area contributed by atoms with Gasteiger partial charge in [-0.05, 0) is 0 Å². The van der Waals surface area contributed by atoms with Crippen LogP contribution in [0.2, 0.25) is 0 Å². The number of hydrogen-bond donors (Lipinski definition) is 12. The van der Waals surface area contributed by atoms with Gasteiger partial charge in [0.15, 0.2) is 24.8 Å². The van der Waals surface area contributed by atoms with Crippen LogP contribution in [-0.4, -0.2) is 267 Å². The molecule has 2 heterocycles. The van der Waals surface area contributed by atoms with Crippen LogP contribution in [0.4, 0.5) is 0 Å². The molecule has 0 spiro atoms. The fraction of sp³-hybridized carbons (Fsp3) is 1.00. The summed E-state index contributed by atoms with van der Waals surface area (Å²) in [5, 5.41) is 0. The summed E-state index contributed by atoms with van der Waals surface area (Å²) in [6.07, 6.45) is -37.0. The Bertz CT molecular complexity index is 3630. The molecular weight excluding hydrogens is 1420 g/mol. The summed E-state index contributed by atoms with van der Waals surface area (Å²) in [6, 6.07) is 0. The minimum absolute atomic E-state index is 2.00. The second-order valence-electron chi connectivity index (χ2n) is 15.5. The molecule has 0 aromatic carbocycles. The highest BCUT2D eigenvalue weighted by atomic mass is 32.3. The first-order valence-corrected chi connectivity index (χ1v) is 36.4. The number of rotatable bonds is 35. The number of hydrogen-bond acceptors (Lipinski definition) is 37. The van der Waals surface area contributed by atoms with Crippen LogP contribution in [0.3, 0.4) is 0 Å². The largest absolute Gasteiger partial charge is 0.397 e. The summed E-state index contributed by atoms with van der Waals surface area (Å²) in [5.74, 6) is -16.0. The minimum Gasteiger partial charge on any atom is -0.349 e. The Morgan fingerprint density at radius 3 is 0.963 bits per heavy atom. The summed E-state index contributed by atoms with van der Waals surface area (Å²) in [6.45, 7) is -8.42. The van der Waals surface area contributed by atoms with Crippen molar-refractivity contribution in [3.8, 4) is 0 Å². The molecule has 490 valence electrons. The fourth-order valence-corrected chi connectivity index (χ4v) is 13.9. The summed E-state index contributed by atoms with van der Waals surface area (Å²) < 4.78 is 461. The van der Waals surface area contributed by atoms with Gasteiger partial charge in [-0.25, -0.2) is 37.6 Å². The summed E-state index contributed by atoms with van der Waals surface area (Å²) in [4.78, 5) is 0. The van der Waals surface area contributed by atoms with Gasteiger partial charge in [0.05, 0.1) is 49.8 Å². The molecule has 2 aliphatic rings. The van der Waals surface area contributed by atoms with E-state index in [0.717, 1.165) is 0 Å². The third-order valence-electron chi connectivity index (χ3n) is 9.27. The second-order valence-corrected chi connectivity index (χ2v) is 29.5. The van der Waals surface area contributed by atoms with E-state index in [0.29, 0.717) is 0 Å². The molecular formula is C21H40O49S12. The summed E-state index contributed by atoms with van der Waals surface area (Å²) in [7, 11) is -73.8. The van der Waals surface area contributed by atoms with Crippen molar-refractivity contribution < 1.29 is 212 Å². The molecule has 12 N–H and O–H groups in total. The van der Waals surface area contributed by atoms with E-state index in [9.17, 15) is 147 Å². The van der Waals surface area contributed by atoms with Gasteiger partial charge in [-0.3, -0.25) is 54.6 Å². The maximum absolute atomic E-state index is 12.4. The lowest BCUT2D eigenvalue weighted by Gasteiger charge is -2.45. The maximum atomic E-state index is 12.4. The van der Waals surface area contributed by atoms with Gasteiger partial charge in [0.2, 0.25) is 0 Å². The molecule has 61 heteroatoms. The van der Waals surface area contributed by atoms with Crippen LogP contribution in [0.15, 0.2) is 0 Å². The van der Waals surface area contributed by atoms with Crippen molar-refractivity contribution in [2.45, 2.75) is 67.5 Å². The zero-order valence-corrected chi connectivity index (χ0v) is 48.2. The van der Waals surface area contributed by atoms with E-state index in [1.165, 1.54) is 0 Å². The van der Waals surface area contributed by atoms with Crippen LogP contribution in [0.25, 0.3) is 0 Å². The van der Waals surface area contributed by atoms with Gasteiger partial charge in [-0.2, -0.15) is 101 Å². The zero-order chi connectivity index (χ0) is 64.2. The molecule has 2 rings (SSSR count). The fourth-order valence-electron chi connectivity index (χ4n) is 6.98. The Labute approximate surface area is 462 Å². The molecule has 0 radical (unpaired) electrons. The molecule has 0 aromatic heterocycles. The molecule has 0 aliphatic carbocycles. The van der Waals surface area contributed by atoms with E-state index in [2.05, 4.69) is 37.6 Å². The van der Waals surface area contributed by atoms with Gasteiger partial charge in [0.25, 0.3) is 30.4 Å². The first-order valence-electron chi connectivity index (χ1n) is 19.3. The lowest BCUT2D eigenvalue weighted by Crippen LogP contribution is -2.65. The maximum Gasteiger partial charge on any atom is 0.397 e. The Kier molecular flexibility index (Phi) is 26.0. The van der Waals surface area contributed by atoms with Crippen LogP contribution in [-0.2, 0) is 181 Å². The smallest absolute Gasteiger partial charge is 0.349 e. The van der Waals surface area contributed by atoms with E-state index in [1.54, 1.807) is 0 Å². The lowest BCUT2D eigenvalue weighted by atomic mass is 9.84. The Hall–Kier alpha value is -1.60. The van der Waals surface area contributed by atoms with Gasteiger partial charge in [-0.1, -0.05) is 0 Å². The summed E-state index contributed by atoms with van der Waals surface area (Å²) in [5.41, 5.74) is 0. The molecule has 49 nitrogen and oxygen atoms in total. The SMILES string of the molecule is O=S(=O)(O)C[C@H](CO[C@@H]1O[C@H](CO[C@@H]2O[C@H](COS(=O)(=O)O)[C@@H](OS(=O)(=O)O)[C@H](OS(=O)(=O)O)[C@H]2OS(=O)(=O)O)[C@@H](OS(=O)(=O)O)[C@H](OS(=O)(=O)O)[C@H]1OS(=O)(=O)O)[C@@H](CS(=O)(=O)O)[C@H](OS(=O)(=O)O)[C@@H](COS(=O)(=O)O)CS(=O)(=O)O. The van der Waals surface area contributed by atoms with Crippen molar-refractivity contribution in [1.29, 1.82) is 0 Å². The first kappa shape index (κ1) is 76.5. The van der Waals surface area contributed by atoms with Crippen molar-refractivity contribution in [2.75, 3.05) is 43.7 Å². The second kappa shape index (κ2) is 27.8. The average molecular weight is 1460 g/mol. The van der Waals surface area contributed by atoms with Gasteiger partial charge in [-0.15, -0.1) is 0 Å². The van der Waals surface area contributed by atoms with E-state index >= 15 is 0 Å². The summed E-state index contributed by atoms with van der Waals surface area (Å²) >= 11 is 0. The monoisotopic (exact) mass is 1460 g/mol. The Morgan fingerprint density at radius 1 is 0.317 bits per heavy atom. The van der Waals surface area contributed by atoms with Crippen LogP contribution in [0.5, 0.6) is 0 Å². The molecule has 0 aromatic rings. The Morgan fingerprint density at radius 2 is 0.634 bits per heavy atom. The van der Waals surface area contributed by atoms with Crippen LogP contribution < -0.4 is 0 Å². The van der Waals surface area contributed by atoms with Crippen LogP contribution in [0, 0.1) is 17.8 Å². The highest BCUT2D eigenvalue weighted by molar-refractivity contribution is 7.86. The third kappa shape index (κ3) is 31.3. The normalized spacial score (nSPS) is 27.1. The quantitative estimate of drug-likeness (QED) is 0.0262. The molecule has 0 bridgehead atoms. The number of ether oxygens (including phenoxy) is 4. The van der Waals surface area contributed by atoms with Gasteiger partial charge in [0, 0.05) is 17.8 Å². The van der Waals surface area contributed by atoms with E-state index in [-0.39, 0.29) is 0 Å². The standard InChI is InChI=1S/C21H40O49S12/c22-71(23,24)5-8(10(7-73(28,29)30)13(64-76(37,38)39)9(6-72(25,26)27)2-60-74(31,32)33)1-58-20-18(69-81(52,53)54)16(67-79(46,47)48)14(65-77(40,41)42)11(62-20)3-59-21-19(70-82(55,56)57)17(68-80(49,50)51)15(66-78(43,44)45)12(63-21)4-61-75(34,35)36/h8-21H,1-7H2,(H,22,23,24)(H,25,26,27)(H,28,29,30)(H,31,32,33)(H,34,35,36)(H,37,38,39)(H,40,41,42)(H,43,44,45)(H,46,47,48)(H,49,50,51)(H,52,53,54)(H,55,56,57)/t8-,9-,10+,11+,12+,13+,14+,15+,16-,17-,18+,19+,20+,21+/m0/s1. The minimum atomic E-state index is -6.46. The highest BCUT2D eigenvalue weighted by Gasteiger charge is 2.58. The van der Waals surface area contributed by atoms with Crippen LogP contribution >= 0.6 is 0 Å². The van der Waals surface area contributed by atoms with Gasteiger partial charge < -0.3 is 18.9 Å². The molecule has 14 atom stereocenters. The predicted molar refractivity (Wildman–Crippen MR) is 239 cm³/mol. The molecule has 2 saturated heterocycles. The van der Waals surface area contributed by atoms with E-state index in [4.69, 9.17) is 28.1 Å². The molecule has 0 amide bonds. The Balaban J connectivity index is 3.17. The average Bonchev–Trinajstić information content (AvgIpc) is 3.17. The molecule has 0 unspecified atom stereocenters.